The quantitative estimate of drug-likeness (QED) is 0.261. The number of nitrogens with zero attached hydrogens (tertiary/aromatic N) is 2. The molecule has 0 saturated carbocycles. The number of rotatable bonds is 7. The smallest absolute Gasteiger partial charge is 0.231 e. The van der Waals surface area contributed by atoms with E-state index in [2.05, 4.69) is 20.6 Å². The first-order valence-corrected chi connectivity index (χ1v) is 9.45. The van der Waals surface area contributed by atoms with Crippen LogP contribution in [0.4, 0.5) is 0 Å². The van der Waals surface area contributed by atoms with Crippen molar-refractivity contribution >= 4 is 41.3 Å². The van der Waals surface area contributed by atoms with Gasteiger partial charge in [-0.15, -0.1) is 35.3 Å². The Morgan fingerprint density at radius 2 is 2.07 bits per heavy atom. The fourth-order valence-corrected chi connectivity index (χ4v) is 3.38. The maximum Gasteiger partial charge on any atom is 0.231 e. The lowest BCUT2D eigenvalue weighted by atomic mass is 10.3. The van der Waals surface area contributed by atoms with Crippen LogP contribution in [0, 0.1) is 13.8 Å². The second kappa shape index (κ2) is 10.5. The number of ether oxygens (including phenoxy) is 3. The molecule has 1 aliphatic rings. The second-order valence-electron chi connectivity index (χ2n) is 5.73. The van der Waals surface area contributed by atoms with Gasteiger partial charge in [-0.2, -0.15) is 0 Å². The monoisotopic (exact) mass is 504 g/mol. The third kappa shape index (κ3) is 6.13. The van der Waals surface area contributed by atoms with Gasteiger partial charge in [0, 0.05) is 17.5 Å². The first-order valence-electron chi connectivity index (χ1n) is 8.63. The highest BCUT2D eigenvalue weighted by Gasteiger charge is 2.13. The average molecular weight is 504 g/mol. The number of nitrogens with one attached hydrogen (secondary N) is 2. The Morgan fingerprint density at radius 1 is 1.26 bits per heavy atom. The number of aliphatic imine (C=N–C) groups is 1. The van der Waals surface area contributed by atoms with E-state index in [-0.39, 0.29) is 30.8 Å². The largest absolute Gasteiger partial charge is 0.492 e. The SMILES string of the molecule is CCNC(=NCc1sc(C)nc1C)NCCOc1ccc2c(c1)OCO2.I. The van der Waals surface area contributed by atoms with Crippen LogP contribution >= 0.6 is 35.3 Å². The summed E-state index contributed by atoms with van der Waals surface area (Å²) in [5.74, 6) is 3.01. The third-order valence-electron chi connectivity index (χ3n) is 3.73. The number of hydrogen-bond donors (Lipinski definition) is 2. The van der Waals surface area contributed by atoms with Gasteiger partial charge < -0.3 is 24.8 Å². The van der Waals surface area contributed by atoms with Crippen LogP contribution in [0.2, 0.25) is 0 Å². The zero-order chi connectivity index (χ0) is 18.4. The van der Waals surface area contributed by atoms with E-state index in [1.165, 1.54) is 4.88 Å². The lowest BCUT2D eigenvalue weighted by molar-refractivity contribution is 0.173. The molecule has 3 rings (SSSR count). The van der Waals surface area contributed by atoms with E-state index in [0.717, 1.165) is 40.5 Å². The molecule has 0 bridgehead atoms. The normalized spacial score (nSPS) is 12.5. The van der Waals surface area contributed by atoms with Crippen molar-refractivity contribution in [2.75, 3.05) is 26.5 Å². The molecule has 2 N–H and O–H groups in total. The standard InChI is InChI=1S/C18H24N4O3S.HI/c1-4-19-18(21-10-17-12(2)22-13(3)26-17)20-7-8-23-14-5-6-15-16(9-14)25-11-24-15;/h5-6,9H,4,7-8,10-11H2,1-3H3,(H2,19,20,21);1H. The predicted molar refractivity (Wildman–Crippen MR) is 118 cm³/mol. The van der Waals surface area contributed by atoms with Crippen LogP contribution in [0.25, 0.3) is 0 Å². The number of aromatic nitrogens is 1. The van der Waals surface area contributed by atoms with Crippen molar-refractivity contribution in [3.63, 3.8) is 0 Å². The van der Waals surface area contributed by atoms with E-state index < -0.39 is 0 Å². The molecule has 148 valence electrons. The number of thiazole rings is 1. The van der Waals surface area contributed by atoms with E-state index in [4.69, 9.17) is 14.2 Å². The van der Waals surface area contributed by atoms with Gasteiger partial charge in [0.15, 0.2) is 17.5 Å². The molecule has 27 heavy (non-hydrogen) atoms. The highest BCUT2D eigenvalue weighted by Crippen LogP contribution is 2.34. The van der Waals surface area contributed by atoms with Gasteiger partial charge in [-0.3, -0.25) is 0 Å². The summed E-state index contributed by atoms with van der Waals surface area (Å²) in [6, 6.07) is 5.58. The highest BCUT2D eigenvalue weighted by atomic mass is 127. The summed E-state index contributed by atoms with van der Waals surface area (Å²) in [6.45, 7) is 8.93. The molecular formula is C18H25IN4O3S. The minimum absolute atomic E-state index is 0. The molecule has 0 saturated heterocycles. The summed E-state index contributed by atoms with van der Waals surface area (Å²) >= 11 is 1.69. The van der Waals surface area contributed by atoms with Crippen LogP contribution in [0.15, 0.2) is 23.2 Å². The van der Waals surface area contributed by atoms with Crippen LogP contribution < -0.4 is 24.8 Å². The maximum absolute atomic E-state index is 5.76. The van der Waals surface area contributed by atoms with Crippen LogP contribution in [0.5, 0.6) is 17.2 Å². The van der Waals surface area contributed by atoms with Crippen molar-refractivity contribution in [1.29, 1.82) is 0 Å². The van der Waals surface area contributed by atoms with Gasteiger partial charge in [-0.1, -0.05) is 0 Å². The van der Waals surface area contributed by atoms with Crippen molar-refractivity contribution in [3.8, 4) is 17.2 Å². The summed E-state index contributed by atoms with van der Waals surface area (Å²) in [7, 11) is 0. The summed E-state index contributed by atoms with van der Waals surface area (Å²) < 4.78 is 16.4. The molecule has 7 nitrogen and oxygen atoms in total. The molecule has 1 aromatic heterocycles. The molecule has 0 aliphatic carbocycles. The van der Waals surface area contributed by atoms with Crippen molar-refractivity contribution in [1.82, 2.24) is 15.6 Å². The van der Waals surface area contributed by atoms with Gasteiger partial charge in [0.05, 0.1) is 23.8 Å². The molecule has 0 fully saturated rings. The van der Waals surface area contributed by atoms with Crippen molar-refractivity contribution in [2.24, 2.45) is 4.99 Å². The summed E-state index contributed by atoms with van der Waals surface area (Å²) in [5, 5.41) is 7.60. The first kappa shape index (κ1) is 21.5. The molecule has 0 unspecified atom stereocenters. The molecule has 1 aliphatic heterocycles. The number of halogens is 1. The van der Waals surface area contributed by atoms with Crippen LogP contribution in [-0.4, -0.2) is 37.4 Å². The number of benzene rings is 1. The van der Waals surface area contributed by atoms with Crippen molar-refractivity contribution < 1.29 is 14.2 Å². The summed E-state index contributed by atoms with van der Waals surface area (Å²) in [4.78, 5) is 10.3. The van der Waals surface area contributed by atoms with Gasteiger partial charge in [0.2, 0.25) is 6.79 Å². The van der Waals surface area contributed by atoms with E-state index in [9.17, 15) is 0 Å². The number of fused-ring (bicyclic) bond motifs is 1. The molecule has 0 atom stereocenters. The van der Waals surface area contributed by atoms with Gasteiger partial charge >= 0.3 is 0 Å². The fraction of sp³-hybridized carbons (Fsp3) is 0.444. The first-order chi connectivity index (χ1) is 12.7. The Balaban J connectivity index is 0.00000261. The Labute approximate surface area is 180 Å². The Kier molecular flexibility index (Phi) is 8.42. The number of hydrogen-bond acceptors (Lipinski definition) is 6. The lowest BCUT2D eigenvalue weighted by Crippen LogP contribution is -2.39. The van der Waals surface area contributed by atoms with Gasteiger partial charge in [-0.05, 0) is 32.9 Å². The molecule has 9 heteroatoms. The zero-order valence-electron chi connectivity index (χ0n) is 15.7. The van der Waals surface area contributed by atoms with Crippen LogP contribution in [-0.2, 0) is 6.54 Å². The second-order valence-corrected chi connectivity index (χ2v) is 7.01. The van der Waals surface area contributed by atoms with Gasteiger partial charge in [0.1, 0.15) is 12.4 Å². The van der Waals surface area contributed by atoms with Gasteiger partial charge in [-0.25, -0.2) is 9.98 Å². The fourth-order valence-electron chi connectivity index (χ4n) is 2.52. The minimum atomic E-state index is 0. The number of aryl methyl sites for hydroxylation is 2. The Bertz CT molecular complexity index is 782. The topological polar surface area (TPSA) is 77.0 Å². The molecule has 0 spiro atoms. The van der Waals surface area contributed by atoms with Gasteiger partial charge in [0.25, 0.3) is 0 Å². The Hall–Kier alpha value is -1.75. The minimum Gasteiger partial charge on any atom is -0.492 e. The lowest BCUT2D eigenvalue weighted by Gasteiger charge is -2.12. The number of guanidine groups is 1. The van der Waals surface area contributed by atoms with Crippen molar-refractivity contribution in [3.05, 3.63) is 33.8 Å². The Morgan fingerprint density at radius 3 is 2.81 bits per heavy atom. The average Bonchev–Trinajstić information content (AvgIpc) is 3.21. The molecular weight excluding hydrogens is 479 g/mol. The van der Waals surface area contributed by atoms with Crippen LogP contribution in [0.1, 0.15) is 22.5 Å². The summed E-state index contributed by atoms with van der Waals surface area (Å²) in [6.07, 6.45) is 0. The highest BCUT2D eigenvalue weighted by molar-refractivity contribution is 14.0. The van der Waals surface area contributed by atoms with E-state index >= 15 is 0 Å². The zero-order valence-corrected chi connectivity index (χ0v) is 18.9. The molecule has 0 radical (unpaired) electrons. The van der Waals surface area contributed by atoms with Crippen LogP contribution in [0.3, 0.4) is 0 Å². The molecule has 0 amide bonds. The van der Waals surface area contributed by atoms with E-state index in [0.29, 0.717) is 19.7 Å². The molecule has 2 aromatic rings. The van der Waals surface area contributed by atoms with E-state index in [1.54, 1.807) is 11.3 Å². The predicted octanol–water partition coefficient (Wildman–Crippen LogP) is 3.24. The van der Waals surface area contributed by atoms with Crippen molar-refractivity contribution in [2.45, 2.75) is 27.3 Å². The maximum atomic E-state index is 5.76. The summed E-state index contributed by atoms with van der Waals surface area (Å²) in [5.41, 5.74) is 1.05. The molecule has 2 heterocycles. The van der Waals surface area contributed by atoms with E-state index in [1.807, 2.05) is 39.0 Å². The third-order valence-corrected chi connectivity index (χ3v) is 4.79. The molecule has 1 aromatic carbocycles.